The van der Waals surface area contributed by atoms with Crippen LogP contribution in [0.5, 0.6) is 0 Å². The molecule has 0 bridgehead atoms. The zero-order chi connectivity index (χ0) is 13.2. The van der Waals surface area contributed by atoms with Gasteiger partial charge < -0.3 is 5.11 Å². The molecule has 8 heteroatoms. The number of rotatable bonds is 3. The van der Waals surface area contributed by atoms with Crippen molar-refractivity contribution in [3.8, 4) is 6.07 Å². The topological polar surface area (TPSA) is 95.2 Å². The Morgan fingerprint density at radius 3 is 2.59 bits per heavy atom. The van der Waals surface area contributed by atoms with Gasteiger partial charge in [-0.15, -0.1) is 0 Å². The number of carboxylic acids is 1. The summed E-state index contributed by atoms with van der Waals surface area (Å²) in [6.07, 6.45) is 0. The molecule has 0 heterocycles. The maximum atomic E-state index is 13.6. The molecule has 0 aliphatic rings. The molecule has 1 N–H and O–H groups in total. The molecule has 0 aromatic heterocycles. The number of carboxylic acid groups (broad SMARTS) is 1. The molecule has 90 valence electrons. The molecule has 0 spiro atoms. The monoisotopic (exact) mass is 321 g/mol. The predicted octanol–water partition coefficient (Wildman–Crippen LogP) is 1.58. The van der Waals surface area contributed by atoms with Gasteiger partial charge in [0.05, 0.1) is 11.6 Å². The molecule has 1 aromatic carbocycles. The highest BCUT2D eigenvalue weighted by Gasteiger charge is 2.24. The van der Waals surface area contributed by atoms with Crippen LogP contribution in [0.4, 0.5) is 4.39 Å². The first-order chi connectivity index (χ1) is 7.79. The third kappa shape index (κ3) is 2.81. The Labute approximate surface area is 105 Å². The van der Waals surface area contributed by atoms with Gasteiger partial charge in [0, 0.05) is 4.47 Å². The van der Waals surface area contributed by atoms with Crippen molar-refractivity contribution in [1.82, 2.24) is 0 Å². The number of benzene rings is 1. The minimum atomic E-state index is -4.15. The summed E-state index contributed by atoms with van der Waals surface area (Å²) in [5, 5.41) is 17.0. The summed E-state index contributed by atoms with van der Waals surface area (Å²) < 4.78 is 36.7. The average Bonchev–Trinajstić information content (AvgIpc) is 2.20. The number of hydrogen-bond acceptors (Lipinski definition) is 4. The van der Waals surface area contributed by atoms with Crippen LogP contribution in [-0.4, -0.2) is 25.2 Å². The fraction of sp³-hybridized carbons (Fsp3) is 0.111. The van der Waals surface area contributed by atoms with Gasteiger partial charge in [-0.1, -0.05) is 15.9 Å². The van der Waals surface area contributed by atoms with Crippen LogP contribution in [0.3, 0.4) is 0 Å². The Hall–Kier alpha value is -1.46. The van der Waals surface area contributed by atoms with Gasteiger partial charge in [0.15, 0.2) is 15.7 Å². The van der Waals surface area contributed by atoms with Gasteiger partial charge in [0.25, 0.3) is 0 Å². The molecule has 0 saturated heterocycles. The van der Waals surface area contributed by atoms with Gasteiger partial charge in [-0.05, 0) is 12.1 Å². The van der Waals surface area contributed by atoms with Gasteiger partial charge in [-0.25, -0.2) is 17.6 Å². The summed E-state index contributed by atoms with van der Waals surface area (Å²) in [6, 6.07) is 3.26. The summed E-state index contributed by atoms with van der Waals surface area (Å²) >= 11 is 2.88. The molecule has 0 saturated carbocycles. The molecule has 1 rings (SSSR count). The quantitative estimate of drug-likeness (QED) is 0.911. The molecule has 0 radical (unpaired) electrons. The van der Waals surface area contributed by atoms with E-state index in [2.05, 4.69) is 15.9 Å². The van der Waals surface area contributed by atoms with Crippen molar-refractivity contribution in [2.45, 2.75) is 4.90 Å². The van der Waals surface area contributed by atoms with E-state index in [1.54, 1.807) is 0 Å². The van der Waals surface area contributed by atoms with E-state index >= 15 is 0 Å². The number of aromatic carboxylic acids is 1. The lowest BCUT2D eigenvalue weighted by Crippen LogP contribution is -2.11. The van der Waals surface area contributed by atoms with Crippen LogP contribution >= 0.6 is 15.9 Å². The molecule has 0 amide bonds. The summed E-state index contributed by atoms with van der Waals surface area (Å²) in [7, 11) is -4.15. The maximum absolute atomic E-state index is 13.6. The number of nitriles is 1. The van der Waals surface area contributed by atoms with Crippen LogP contribution in [0.15, 0.2) is 21.5 Å². The third-order valence-corrected chi connectivity index (χ3v) is 3.76. The van der Waals surface area contributed by atoms with Crippen LogP contribution in [0.2, 0.25) is 0 Å². The summed E-state index contributed by atoms with van der Waals surface area (Å²) in [6.45, 7) is 0. The Kier molecular flexibility index (Phi) is 3.85. The van der Waals surface area contributed by atoms with Crippen LogP contribution in [0, 0.1) is 17.1 Å². The number of nitrogens with zero attached hydrogens (tertiary/aromatic N) is 1. The number of carbonyl (C=O) groups is 1. The second-order valence-electron chi connectivity index (χ2n) is 2.99. The van der Waals surface area contributed by atoms with Crippen molar-refractivity contribution in [3.05, 3.63) is 28.0 Å². The van der Waals surface area contributed by atoms with Gasteiger partial charge in [-0.3, -0.25) is 0 Å². The largest absolute Gasteiger partial charge is 0.478 e. The van der Waals surface area contributed by atoms with Crippen molar-refractivity contribution >= 4 is 31.7 Å². The van der Waals surface area contributed by atoms with Gasteiger partial charge in [0.2, 0.25) is 0 Å². The zero-order valence-electron chi connectivity index (χ0n) is 8.15. The highest BCUT2D eigenvalue weighted by atomic mass is 79.9. The van der Waals surface area contributed by atoms with Crippen LogP contribution < -0.4 is 0 Å². The van der Waals surface area contributed by atoms with Crippen molar-refractivity contribution in [2.24, 2.45) is 0 Å². The zero-order valence-corrected chi connectivity index (χ0v) is 10.5. The first kappa shape index (κ1) is 13.6. The van der Waals surface area contributed by atoms with E-state index < -0.39 is 37.8 Å². The maximum Gasteiger partial charge on any atom is 0.338 e. The van der Waals surface area contributed by atoms with E-state index in [-0.39, 0.29) is 4.47 Å². The highest BCUT2D eigenvalue weighted by Crippen LogP contribution is 2.24. The molecule has 1 aromatic rings. The predicted molar refractivity (Wildman–Crippen MR) is 58.7 cm³/mol. The number of hydrogen-bond donors (Lipinski definition) is 1. The smallest absolute Gasteiger partial charge is 0.338 e. The summed E-state index contributed by atoms with van der Waals surface area (Å²) in [5.41, 5.74) is -0.768. The van der Waals surface area contributed by atoms with E-state index in [0.717, 1.165) is 12.1 Å². The number of sulfone groups is 1. The first-order valence-corrected chi connectivity index (χ1v) is 6.56. The van der Waals surface area contributed by atoms with Crippen molar-refractivity contribution < 1.29 is 22.7 Å². The summed E-state index contributed by atoms with van der Waals surface area (Å²) in [4.78, 5) is 9.89. The molecule has 0 atom stereocenters. The SMILES string of the molecule is N#CCS(=O)(=O)c1cc(Br)cc(C(=O)O)c1F. The van der Waals surface area contributed by atoms with Gasteiger partial charge in [0.1, 0.15) is 10.6 Å². The minimum absolute atomic E-state index is 0.104. The molecular formula is C9H5BrFNO4S. The van der Waals surface area contributed by atoms with Crippen LogP contribution in [-0.2, 0) is 9.84 Å². The van der Waals surface area contributed by atoms with E-state index in [9.17, 15) is 17.6 Å². The second-order valence-corrected chi connectivity index (χ2v) is 5.86. The molecule has 5 nitrogen and oxygen atoms in total. The van der Waals surface area contributed by atoms with Crippen LogP contribution in [0.1, 0.15) is 10.4 Å². The summed E-state index contributed by atoms with van der Waals surface area (Å²) in [5.74, 6) is -3.87. The molecule has 17 heavy (non-hydrogen) atoms. The van der Waals surface area contributed by atoms with E-state index in [4.69, 9.17) is 10.4 Å². The molecule has 0 aliphatic carbocycles. The second kappa shape index (κ2) is 4.81. The van der Waals surface area contributed by atoms with Crippen molar-refractivity contribution in [1.29, 1.82) is 5.26 Å². The van der Waals surface area contributed by atoms with E-state index in [1.165, 1.54) is 6.07 Å². The fourth-order valence-corrected chi connectivity index (χ4v) is 2.73. The average molecular weight is 322 g/mol. The molecule has 0 fully saturated rings. The Bertz CT molecular complexity index is 621. The van der Waals surface area contributed by atoms with Crippen LogP contribution in [0.25, 0.3) is 0 Å². The molecule has 0 aliphatic heterocycles. The van der Waals surface area contributed by atoms with Crippen molar-refractivity contribution in [3.63, 3.8) is 0 Å². The Morgan fingerprint density at radius 1 is 1.53 bits per heavy atom. The Balaban J connectivity index is 3.57. The molecule has 0 unspecified atom stereocenters. The fourth-order valence-electron chi connectivity index (χ4n) is 1.11. The third-order valence-electron chi connectivity index (χ3n) is 1.82. The normalized spacial score (nSPS) is 10.9. The van der Waals surface area contributed by atoms with Gasteiger partial charge >= 0.3 is 5.97 Å². The lowest BCUT2D eigenvalue weighted by atomic mass is 10.2. The Morgan fingerprint density at radius 2 is 2.12 bits per heavy atom. The standard InChI is InChI=1S/C9H5BrFNO4S/c10-5-3-6(9(13)14)8(11)7(4-5)17(15,16)2-1-12/h3-4H,2H2,(H,13,14). The van der Waals surface area contributed by atoms with E-state index in [0.29, 0.717) is 0 Å². The highest BCUT2D eigenvalue weighted by molar-refractivity contribution is 9.10. The number of halogens is 2. The minimum Gasteiger partial charge on any atom is -0.478 e. The van der Waals surface area contributed by atoms with Gasteiger partial charge in [-0.2, -0.15) is 5.26 Å². The van der Waals surface area contributed by atoms with E-state index in [1.807, 2.05) is 0 Å². The van der Waals surface area contributed by atoms with Crippen molar-refractivity contribution in [2.75, 3.05) is 5.75 Å². The lowest BCUT2D eigenvalue weighted by Gasteiger charge is -2.05. The lowest BCUT2D eigenvalue weighted by molar-refractivity contribution is 0.0691. The first-order valence-electron chi connectivity index (χ1n) is 4.11. The molecular weight excluding hydrogens is 317 g/mol.